The predicted molar refractivity (Wildman–Crippen MR) is 47.2 cm³/mol. The van der Waals surface area contributed by atoms with Crippen LogP contribution in [0.1, 0.15) is 12.2 Å². The fraction of sp³-hybridized carbons (Fsp3) is 0.750. The Kier molecular flexibility index (Phi) is 3.85. The molecule has 0 radical (unpaired) electrons. The number of rotatable bonds is 5. The van der Waals surface area contributed by atoms with Crippen molar-refractivity contribution in [1.82, 2.24) is 14.8 Å². The number of aliphatic hydroxyl groups is 1. The monoisotopic (exact) mass is 185 g/mol. The molecule has 0 fully saturated rings. The molecule has 0 amide bonds. The minimum atomic E-state index is -0.415. The lowest BCUT2D eigenvalue weighted by molar-refractivity contribution is 0.0591. The summed E-state index contributed by atoms with van der Waals surface area (Å²) in [7, 11) is 3.41. The average molecular weight is 185 g/mol. The summed E-state index contributed by atoms with van der Waals surface area (Å²) in [4.78, 5) is 4.05. The molecule has 1 heterocycles. The molecule has 1 aromatic heterocycles. The van der Waals surface area contributed by atoms with Crippen LogP contribution in [0.5, 0.6) is 0 Å². The number of aliphatic hydroxyl groups excluding tert-OH is 1. The zero-order chi connectivity index (χ0) is 9.68. The molecule has 5 heteroatoms. The first kappa shape index (κ1) is 10.1. The third-order valence-electron chi connectivity index (χ3n) is 1.87. The van der Waals surface area contributed by atoms with Gasteiger partial charge in [-0.2, -0.15) is 5.10 Å². The summed E-state index contributed by atoms with van der Waals surface area (Å²) in [5.41, 5.74) is 0. The minimum Gasteiger partial charge on any atom is -0.391 e. The molecular weight excluding hydrogens is 170 g/mol. The van der Waals surface area contributed by atoms with Crippen molar-refractivity contribution < 1.29 is 9.84 Å². The van der Waals surface area contributed by atoms with Crippen LogP contribution in [-0.4, -0.2) is 39.7 Å². The number of ether oxygens (including phenoxy) is 1. The Labute approximate surface area is 77.4 Å². The molecule has 0 saturated heterocycles. The van der Waals surface area contributed by atoms with Crippen molar-refractivity contribution in [2.24, 2.45) is 7.05 Å². The molecule has 13 heavy (non-hydrogen) atoms. The van der Waals surface area contributed by atoms with Gasteiger partial charge in [-0.25, -0.2) is 4.98 Å². The van der Waals surface area contributed by atoms with E-state index in [4.69, 9.17) is 4.74 Å². The van der Waals surface area contributed by atoms with Gasteiger partial charge in [0, 0.05) is 20.6 Å². The smallest absolute Gasteiger partial charge is 0.138 e. The van der Waals surface area contributed by atoms with Crippen LogP contribution in [0.4, 0.5) is 0 Å². The van der Waals surface area contributed by atoms with Gasteiger partial charge >= 0.3 is 0 Å². The Morgan fingerprint density at radius 1 is 1.69 bits per heavy atom. The standard InChI is InChI=1S/C8H15N3O2/c1-11-8(9-6-10-11)4-3-7(12)5-13-2/h6-7,12H,3-5H2,1-2H3. The predicted octanol–water partition coefficient (Wildman–Crippen LogP) is -0.245. The molecule has 5 nitrogen and oxygen atoms in total. The maximum Gasteiger partial charge on any atom is 0.138 e. The van der Waals surface area contributed by atoms with Gasteiger partial charge in [0.05, 0.1) is 12.7 Å². The van der Waals surface area contributed by atoms with Gasteiger partial charge in [-0.1, -0.05) is 0 Å². The summed E-state index contributed by atoms with van der Waals surface area (Å²) < 4.78 is 6.52. The molecule has 0 aromatic carbocycles. The zero-order valence-electron chi connectivity index (χ0n) is 7.97. The van der Waals surface area contributed by atoms with E-state index < -0.39 is 6.10 Å². The first-order valence-corrected chi connectivity index (χ1v) is 4.24. The summed E-state index contributed by atoms with van der Waals surface area (Å²) >= 11 is 0. The van der Waals surface area contributed by atoms with E-state index in [1.54, 1.807) is 11.8 Å². The van der Waals surface area contributed by atoms with Crippen molar-refractivity contribution in [3.8, 4) is 0 Å². The van der Waals surface area contributed by atoms with Crippen molar-refractivity contribution in [1.29, 1.82) is 0 Å². The number of hydrogen-bond acceptors (Lipinski definition) is 4. The number of nitrogens with zero attached hydrogens (tertiary/aromatic N) is 3. The molecular formula is C8H15N3O2. The van der Waals surface area contributed by atoms with Crippen molar-refractivity contribution in [2.75, 3.05) is 13.7 Å². The highest BCUT2D eigenvalue weighted by Crippen LogP contribution is 2.00. The SMILES string of the molecule is COCC(O)CCc1ncnn1C. The summed E-state index contributed by atoms with van der Waals surface area (Å²) in [6.07, 6.45) is 2.47. The Hall–Kier alpha value is -0.940. The van der Waals surface area contributed by atoms with Gasteiger partial charge in [0.25, 0.3) is 0 Å². The van der Waals surface area contributed by atoms with Crippen LogP contribution in [0.15, 0.2) is 6.33 Å². The van der Waals surface area contributed by atoms with E-state index in [0.717, 1.165) is 12.2 Å². The van der Waals surface area contributed by atoms with E-state index >= 15 is 0 Å². The highest BCUT2D eigenvalue weighted by molar-refractivity contribution is 4.83. The maximum absolute atomic E-state index is 9.36. The van der Waals surface area contributed by atoms with Gasteiger partial charge in [0.2, 0.25) is 0 Å². The molecule has 0 aliphatic heterocycles. The topological polar surface area (TPSA) is 60.2 Å². The second kappa shape index (κ2) is 4.94. The molecule has 1 unspecified atom stereocenters. The van der Waals surface area contributed by atoms with E-state index in [1.165, 1.54) is 6.33 Å². The third kappa shape index (κ3) is 3.12. The lowest BCUT2D eigenvalue weighted by atomic mass is 10.2. The quantitative estimate of drug-likeness (QED) is 0.687. The van der Waals surface area contributed by atoms with E-state index in [9.17, 15) is 5.11 Å². The zero-order valence-corrected chi connectivity index (χ0v) is 7.97. The van der Waals surface area contributed by atoms with Crippen LogP contribution in [0.25, 0.3) is 0 Å². The largest absolute Gasteiger partial charge is 0.391 e. The van der Waals surface area contributed by atoms with Crippen LogP contribution in [0.3, 0.4) is 0 Å². The van der Waals surface area contributed by atoms with Gasteiger partial charge in [-0.05, 0) is 6.42 Å². The Morgan fingerprint density at radius 2 is 2.46 bits per heavy atom. The summed E-state index contributed by atoms with van der Waals surface area (Å²) in [6.45, 7) is 0.373. The summed E-state index contributed by atoms with van der Waals surface area (Å²) in [5.74, 6) is 0.884. The van der Waals surface area contributed by atoms with E-state index in [2.05, 4.69) is 10.1 Å². The molecule has 1 N–H and O–H groups in total. The highest BCUT2D eigenvalue weighted by Gasteiger charge is 2.06. The molecule has 1 rings (SSSR count). The normalized spacial score (nSPS) is 13.2. The first-order chi connectivity index (χ1) is 6.24. The fourth-order valence-corrected chi connectivity index (χ4v) is 1.12. The van der Waals surface area contributed by atoms with E-state index in [-0.39, 0.29) is 0 Å². The maximum atomic E-state index is 9.36. The lowest BCUT2D eigenvalue weighted by Gasteiger charge is -2.07. The number of aryl methyl sites for hydroxylation is 2. The second-order valence-corrected chi connectivity index (χ2v) is 2.95. The van der Waals surface area contributed by atoms with Crippen LogP contribution in [-0.2, 0) is 18.2 Å². The molecule has 1 atom stereocenters. The first-order valence-electron chi connectivity index (χ1n) is 4.24. The molecule has 74 valence electrons. The fourth-order valence-electron chi connectivity index (χ4n) is 1.12. The van der Waals surface area contributed by atoms with Crippen LogP contribution in [0, 0.1) is 0 Å². The number of aromatic nitrogens is 3. The van der Waals surface area contributed by atoms with Gasteiger partial charge < -0.3 is 9.84 Å². The molecule has 1 aromatic rings. The molecule has 0 bridgehead atoms. The Morgan fingerprint density at radius 3 is 3.00 bits per heavy atom. The van der Waals surface area contributed by atoms with Crippen LogP contribution < -0.4 is 0 Å². The van der Waals surface area contributed by atoms with E-state index in [0.29, 0.717) is 13.0 Å². The molecule has 0 spiro atoms. The Bertz CT molecular complexity index is 249. The molecule has 0 saturated carbocycles. The lowest BCUT2D eigenvalue weighted by Crippen LogP contribution is -2.15. The van der Waals surface area contributed by atoms with Gasteiger partial charge in [0.1, 0.15) is 12.2 Å². The third-order valence-corrected chi connectivity index (χ3v) is 1.87. The van der Waals surface area contributed by atoms with Crippen LogP contribution >= 0.6 is 0 Å². The van der Waals surface area contributed by atoms with Crippen molar-refractivity contribution in [2.45, 2.75) is 18.9 Å². The number of methoxy groups -OCH3 is 1. The van der Waals surface area contributed by atoms with Crippen molar-refractivity contribution in [3.05, 3.63) is 12.2 Å². The number of hydrogen-bond donors (Lipinski definition) is 1. The highest BCUT2D eigenvalue weighted by atomic mass is 16.5. The Balaban J connectivity index is 2.30. The summed E-state index contributed by atoms with van der Waals surface area (Å²) in [6, 6.07) is 0. The molecule has 0 aliphatic rings. The second-order valence-electron chi connectivity index (χ2n) is 2.95. The minimum absolute atomic E-state index is 0.373. The van der Waals surface area contributed by atoms with Crippen LogP contribution in [0.2, 0.25) is 0 Å². The average Bonchev–Trinajstić information content (AvgIpc) is 2.48. The van der Waals surface area contributed by atoms with Gasteiger partial charge in [-0.15, -0.1) is 0 Å². The van der Waals surface area contributed by atoms with Gasteiger partial charge in [-0.3, -0.25) is 4.68 Å². The van der Waals surface area contributed by atoms with Crippen molar-refractivity contribution >= 4 is 0 Å². The van der Waals surface area contributed by atoms with E-state index in [1.807, 2.05) is 7.05 Å². The summed E-state index contributed by atoms with van der Waals surface area (Å²) in [5, 5.41) is 13.3. The molecule has 0 aliphatic carbocycles. The van der Waals surface area contributed by atoms with Crippen molar-refractivity contribution in [3.63, 3.8) is 0 Å². The van der Waals surface area contributed by atoms with Gasteiger partial charge in [0.15, 0.2) is 0 Å².